The molecule has 116 valence electrons. The van der Waals surface area contributed by atoms with E-state index in [2.05, 4.69) is 17.1 Å². The molecule has 0 spiro atoms. The maximum absolute atomic E-state index is 11.0. The summed E-state index contributed by atoms with van der Waals surface area (Å²) >= 11 is 0. The molecule has 1 heterocycles. The maximum atomic E-state index is 11.0. The van der Waals surface area contributed by atoms with E-state index in [1.165, 1.54) is 12.8 Å². The number of rotatable bonds is 6. The zero-order chi connectivity index (χ0) is 15.2. The van der Waals surface area contributed by atoms with Crippen molar-refractivity contribution in [1.29, 1.82) is 0 Å². The minimum absolute atomic E-state index is 0.227. The fraction of sp³-hybridized carbons (Fsp3) is 0.625. The van der Waals surface area contributed by atoms with Gasteiger partial charge >= 0.3 is 0 Å². The molecule has 1 aliphatic heterocycles. The molecule has 0 saturated carbocycles. The van der Waals surface area contributed by atoms with Crippen molar-refractivity contribution in [3.05, 3.63) is 39.4 Å². The topological polar surface area (TPSA) is 58.4 Å². The van der Waals surface area contributed by atoms with Crippen LogP contribution in [0.1, 0.15) is 30.9 Å². The molecular weight excluding hydrogens is 266 g/mol. The molecule has 0 aliphatic carbocycles. The van der Waals surface area contributed by atoms with Crippen LogP contribution < -0.4 is 5.32 Å². The Morgan fingerprint density at radius 2 is 2.10 bits per heavy atom. The molecule has 0 radical (unpaired) electrons. The molecule has 0 atom stereocenters. The number of nitrogens with one attached hydrogen (secondary N) is 1. The molecule has 0 unspecified atom stereocenters. The summed E-state index contributed by atoms with van der Waals surface area (Å²) in [5, 5.41) is 14.4. The number of piperidine rings is 1. The summed E-state index contributed by atoms with van der Waals surface area (Å²) in [6, 6.07) is 5.38. The first-order chi connectivity index (χ1) is 10.1. The first kappa shape index (κ1) is 15.9. The van der Waals surface area contributed by atoms with E-state index in [9.17, 15) is 10.1 Å². The highest BCUT2D eigenvalue weighted by Gasteiger charge is 2.18. The van der Waals surface area contributed by atoms with Crippen molar-refractivity contribution in [1.82, 2.24) is 10.2 Å². The van der Waals surface area contributed by atoms with Crippen molar-refractivity contribution >= 4 is 5.69 Å². The monoisotopic (exact) mass is 291 g/mol. The molecule has 1 aromatic rings. The SMILES string of the molecule is CCN(Cc1cccc([N+](=O)[O-])c1C)CC1CCNCC1. The van der Waals surface area contributed by atoms with E-state index in [1.807, 2.05) is 13.0 Å². The zero-order valence-corrected chi connectivity index (χ0v) is 13.0. The van der Waals surface area contributed by atoms with Crippen LogP contribution in [0.25, 0.3) is 0 Å². The molecule has 0 aromatic heterocycles. The summed E-state index contributed by atoms with van der Waals surface area (Å²) in [5.41, 5.74) is 2.09. The molecular formula is C16H25N3O2. The summed E-state index contributed by atoms with van der Waals surface area (Å²) in [7, 11) is 0. The van der Waals surface area contributed by atoms with Crippen molar-refractivity contribution in [3.8, 4) is 0 Å². The van der Waals surface area contributed by atoms with Crippen LogP contribution in [0.15, 0.2) is 18.2 Å². The van der Waals surface area contributed by atoms with Gasteiger partial charge in [-0.15, -0.1) is 0 Å². The molecule has 5 nitrogen and oxygen atoms in total. The fourth-order valence-electron chi connectivity index (χ4n) is 3.01. The summed E-state index contributed by atoms with van der Waals surface area (Å²) in [6.07, 6.45) is 2.45. The van der Waals surface area contributed by atoms with Gasteiger partial charge in [-0.2, -0.15) is 0 Å². The third-order valence-electron chi connectivity index (χ3n) is 4.43. The van der Waals surface area contributed by atoms with Gasteiger partial charge in [0.15, 0.2) is 0 Å². The lowest BCUT2D eigenvalue weighted by molar-refractivity contribution is -0.385. The third kappa shape index (κ3) is 4.25. The highest BCUT2D eigenvalue weighted by Crippen LogP contribution is 2.23. The van der Waals surface area contributed by atoms with Crippen LogP contribution in [0.3, 0.4) is 0 Å². The zero-order valence-electron chi connectivity index (χ0n) is 13.0. The first-order valence-electron chi connectivity index (χ1n) is 7.77. The first-order valence-corrected chi connectivity index (χ1v) is 7.77. The summed E-state index contributed by atoms with van der Waals surface area (Å²) in [4.78, 5) is 13.1. The molecule has 2 rings (SSSR count). The Labute approximate surface area is 126 Å². The quantitative estimate of drug-likeness (QED) is 0.647. The lowest BCUT2D eigenvalue weighted by Crippen LogP contribution is -2.36. The van der Waals surface area contributed by atoms with Crippen molar-refractivity contribution in [2.45, 2.75) is 33.2 Å². The number of hydrogen-bond donors (Lipinski definition) is 1. The van der Waals surface area contributed by atoms with E-state index in [-0.39, 0.29) is 10.6 Å². The van der Waals surface area contributed by atoms with Gasteiger partial charge in [0.2, 0.25) is 0 Å². The van der Waals surface area contributed by atoms with Gasteiger partial charge in [-0.05, 0) is 50.9 Å². The highest BCUT2D eigenvalue weighted by molar-refractivity contribution is 5.44. The van der Waals surface area contributed by atoms with Crippen LogP contribution in [-0.4, -0.2) is 36.0 Å². The average Bonchev–Trinajstić information content (AvgIpc) is 2.49. The van der Waals surface area contributed by atoms with Crippen LogP contribution >= 0.6 is 0 Å². The normalized spacial score (nSPS) is 16.3. The second kappa shape index (κ2) is 7.52. The number of nitrogens with zero attached hydrogens (tertiary/aromatic N) is 2. The lowest BCUT2D eigenvalue weighted by atomic mass is 9.97. The Balaban J connectivity index is 2.04. The van der Waals surface area contributed by atoms with Gasteiger partial charge in [0, 0.05) is 24.7 Å². The Hall–Kier alpha value is -1.46. The summed E-state index contributed by atoms with van der Waals surface area (Å²) in [6.45, 7) is 9.09. The minimum atomic E-state index is -0.290. The van der Waals surface area contributed by atoms with Crippen molar-refractivity contribution < 1.29 is 4.92 Å². The van der Waals surface area contributed by atoms with E-state index in [1.54, 1.807) is 12.1 Å². The molecule has 0 amide bonds. The Morgan fingerprint density at radius 1 is 1.38 bits per heavy atom. The number of nitro benzene ring substituents is 1. The second-order valence-electron chi connectivity index (χ2n) is 5.84. The summed E-state index contributed by atoms with van der Waals surface area (Å²) < 4.78 is 0. The van der Waals surface area contributed by atoms with Gasteiger partial charge in [0.25, 0.3) is 5.69 Å². The van der Waals surface area contributed by atoms with E-state index >= 15 is 0 Å². The maximum Gasteiger partial charge on any atom is 0.272 e. The van der Waals surface area contributed by atoms with Crippen LogP contribution in [0, 0.1) is 23.0 Å². The number of nitro groups is 1. The standard InChI is InChI=1S/C16H25N3O2/c1-3-18(11-14-7-9-17-10-8-14)12-15-5-4-6-16(13(15)2)19(20)21/h4-6,14,17H,3,7-12H2,1-2H3. The number of benzene rings is 1. The van der Waals surface area contributed by atoms with E-state index in [4.69, 9.17) is 0 Å². The van der Waals surface area contributed by atoms with Gasteiger partial charge in [-0.1, -0.05) is 19.1 Å². The van der Waals surface area contributed by atoms with Crippen LogP contribution in [0.4, 0.5) is 5.69 Å². The van der Waals surface area contributed by atoms with Crippen LogP contribution in [-0.2, 0) is 6.54 Å². The Bertz CT molecular complexity index is 484. The molecule has 21 heavy (non-hydrogen) atoms. The molecule has 0 bridgehead atoms. The van der Waals surface area contributed by atoms with E-state index in [0.717, 1.165) is 49.8 Å². The third-order valence-corrected chi connectivity index (χ3v) is 4.43. The highest BCUT2D eigenvalue weighted by atomic mass is 16.6. The summed E-state index contributed by atoms with van der Waals surface area (Å²) in [5.74, 6) is 0.741. The molecule has 1 aromatic carbocycles. The van der Waals surface area contributed by atoms with Crippen molar-refractivity contribution in [2.24, 2.45) is 5.92 Å². The smallest absolute Gasteiger partial charge is 0.272 e. The largest absolute Gasteiger partial charge is 0.317 e. The Morgan fingerprint density at radius 3 is 2.71 bits per heavy atom. The predicted molar refractivity (Wildman–Crippen MR) is 84.4 cm³/mol. The van der Waals surface area contributed by atoms with Gasteiger partial charge in [0.05, 0.1) is 4.92 Å². The van der Waals surface area contributed by atoms with E-state index in [0.29, 0.717) is 0 Å². The van der Waals surface area contributed by atoms with Crippen molar-refractivity contribution in [3.63, 3.8) is 0 Å². The fourth-order valence-corrected chi connectivity index (χ4v) is 3.01. The van der Waals surface area contributed by atoms with Gasteiger partial charge in [-0.25, -0.2) is 0 Å². The lowest BCUT2D eigenvalue weighted by Gasteiger charge is -2.29. The number of hydrogen-bond acceptors (Lipinski definition) is 4. The van der Waals surface area contributed by atoms with Gasteiger partial charge < -0.3 is 5.32 Å². The molecule has 1 saturated heterocycles. The van der Waals surface area contributed by atoms with Crippen LogP contribution in [0.2, 0.25) is 0 Å². The van der Waals surface area contributed by atoms with Gasteiger partial charge in [0.1, 0.15) is 0 Å². The Kier molecular flexibility index (Phi) is 5.70. The van der Waals surface area contributed by atoms with Gasteiger partial charge in [-0.3, -0.25) is 15.0 Å². The molecule has 1 N–H and O–H groups in total. The average molecular weight is 291 g/mol. The predicted octanol–water partition coefficient (Wildman–Crippen LogP) is 2.72. The second-order valence-corrected chi connectivity index (χ2v) is 5.84. The van der Waals surface area contributed by atoms with Crippen LogP contribution in [0.5, 0.6) is 0 Å². The molecule has 1 fully saturated rings. The van der Waals surface area contributed by atoms with E-state index < -0.39 is 0 Å². The molecule has 1 aliphatic rings. The van der Waals surface area contributed by atoms with Crippen molar-refractivity contribution in [2.75, 3.05) is 26.2 Å². The minimum Gasteiger partial charge on any atom is -0.317 e. The molecule has 5 heteroatoms.